The van der Waals surface area contributed by atoms with Crippen molar-refractivity contribution in [3.63, 3.8) is 0 Å². The van der Waals surface area contributed by atoms with Crippen molar-refractivity contribution in [3.8, 4) is 0 Å². The molecule has 98 valence electrons. The van der Waals surface area contributed by atoms with Gasteiger partial charge in [-0.3, -0.25) is 4.68 Å². The molecule has 1 aromatic heterocycles. The second kappa shape index (κ2) is 4.91. The second-order valence-corrected chi connectivity index (χ2v) is 5.00. The first-order chi connectivity index (χ1) is 8.41. The molecule has 0 amide bonds. The Morgan fingerprint density at radius 1 is 1.39 bits per heavy atom. The first-order valence-electron chi connectivity index (χ1n) is 5.50. The zero-order valence-electron chi connectivity index (χ0n) is 9.71. The molecule has 1 heterocycles. The number of benzene rings is 1. The van der Waals surface area contributed by atoms with E-state index in [0.717, 1.165) is 22.8 Å². The van der Waals surface area contributed by atoms with Crippen molar-refractivity contribution in [2.24, 2.45) is 5.92 Å². The molecule has 6 heteroatoms. The minimum atomic E-state index is -4.32. The number of halogens is 4. The van der Waals surface area contributed by atoms with E-state index in [1.54, 1.807) is 10.9 Å². The molecule has 0 aliphatic rings. The van der Waals surface area contributed by atoms with Crippen LogP contribution in [0.4, 0.5) is 13.2 Å². The predicted molar refractivity (Wildman–Crippen MR) is 67.7 cm³/mol. The first kappa shape index (κ1) is 13.4. The van der Waals surface area contributed by atoms with Gasteiger partial charge < -0.3 is 0 Å². The van der Waals surface area contributed by atoms with Crippen molar-refractivity contribution >= 4 is 26.8 Å². The highest BCUT2D eigenvalue weighted by Crippen LogP contribution is 2.31. The van der Waals surface area contributed by atoms with Crippen molar-refractivity contribution in [1.29, 1.82) is 0 Å². The molecule has 0 saturated carbocycles. The highest BCUT2D eigenvalue weighted by Gasteiger charge is 2.30. The van der Waals surface area contributed by atoms with Crippen molar-refractivity contribution in [2.75, 3.05) is 5.33 Å². The third-order valence-electron chi connectivity index (χ3n) is 2.72. The van der Waals surface area contributed by atoms with E-state index in [2.05, 4.69) is 21.0 Å². The molecule has 1 aromatic carbocycles. The minimum Gasteiger partial charge on any atom is -0.265 e. The van der Waals surface area contributed by atoms with Crippen molar-refractivity contribution in [2.45, 2.75) is 19.6 Å². The van der Waals surface area contributed by atoms with Crippen LogP contribution in [0.1, 0.15) is 12.5 Å². The van der Waals surface area contributed by atoms with Gasteiger partial charge in [0.2, 0.25) is 0 Å². The topological polar surface area (TPSA) is 17.8 Å². The Morgan fingerprint density at radius 3 is 2.72 bits per heavy atom. The molecule has 0 saturated heterocycles. The Balaban J connectivity index is 2.43. The van der Waals surface area contributed by atoms with Crippen molar-refractivity contribution in [1.82, 2.24) is 9.78 Å². The van der Waals surface area contributed by atoms with Gasteiger partial charge in [0, 0.05) is 17.3 Å². The second-order valence-electron chi connectivity index (χ2n) is 4.36. The van der Waals surface area contributed by atoms with Crippen LogP contribution < -0.4 is 0 Å². The van der Waals surface area contributed by atoms with E-state index in [1.807, 2.05) is 6.92 Å². The fraction of sp³-hybridized carbons (Fsp3) is 0.417. The van der Waals surface area contributed by atoms with Gasteiger partial charge in [0.25, 0.3) is 0 Å². The summed E-state index contributed by atoms with van der Waals surface area (Å²) < 4.78 is 39.6. The number of hydrogen-bond acceptors (Lipinski definition) is 1. The lowest BCUT2D eigenvalue weighted by Crippen LogP contribution is -2.10. The molecule has 0 N–H and O–H groups in total. The number of fused-ring (bicyclic) bond motifs is 1. The standard InChI is InChI=1S/C12H12BrF3N2/c1-8(5-13)7-18-11-4-10(12(14,15)16)3-2-9(11)6-17-18/h2-4,6,8H,5,7H2,1H3. The highest BCUT2D eigenvalue weighted by molar-refractivity contribution is 9.09. The average molecular weight is 321 g/mol. The van der Waals surface area contributed by atoms with Gasteiger partial charge in [-0.15, -0.1) is 0 Å². The van der Waals surface area contributed by atoms with Gasteiger partial charge in [0.1, 0.15) is 0 Å². The monoisotopic (exact) mass is 320 g/mol. The van der Waals surface area contributed by atoms with E-state index in [9.17, 15) is 13.2 Å². The van der Waals surface area contributed by atoms with Gasteiger partial charge in [-0.2, -0.15) is 18.3 Å². The van der Waals surface area contributed by atoms with Gasteiger partial charge in [0.15, 0.2) is 0 Å². The summed E-state index contributed by atoms with van der Waals surface area (Å²) in [5.41, 5.74) is -0.110. The van der Waals surface area contributed by atoms with Crippen LogP contribution in [0.25, 0.3) is 10.9 Å². The van der Waals surface area contributed by atoms with Crippen LogP contribution in [0.15, 0.2) is 24.4 Å². The van der Waals surface area contributed by atoms with Crippen LogP contribution >= 0.6 is 15.9 Å². The van der Waals surface area contributed by atoms with Crippen molar-refractivity contribution in [3.05, 3.63) is 30.0 Å². The summed E-state index contributed by atoms with van der Waals surface area (Å²) in [6, 6.07) is 3.70. The molecule has 1 unspecified atom stereocenters. The fourth-order valence-electron chi connectivity index (χ4n) is 1.74. The first-order valence-corrected chi connectivity index (χ1v) is 6.62. The molecule has 2 rings (SSSR count). The summed E-state index contributed by atoms with van der Waals surface area (Å²) in [7, 11) is 0. The number of nitrogens with zero attached hydrogens (tertiary/aromatic N) is 2. The molecular weight excluding hydrogens is 309 g/mol. The Labute approximate surface area is 111 Å². The van der Waals surface area contributed by atoms with E-state index in [1.165, 1.54) is 6.07 Å². The molecule has 0 spiro atoms. The van der Waals surface area contributed by atoms with Crippen LogP contribution in [-0.2, 0) is 12.7 Å². The average Bonchev–Trinajstić information content (AvgIpc) is 2.70. The zero-order valence-corrected chi connectivity index (χ0v) is 11.3. The maximum Gasteiger partial charge on any atom is 0.416 e. The largest absolute Gasteiger partial charge is 0.416 e. The van der Waals surface area contributed by atoms with E-state index in [0.29, 0.717) is 18.0 Å². The lowest BCUT2D eigenvalue weighted by atomic mass is 10.1. The fourth-order valence-corrected chi connectivity index (χ4v) is 1.94. The van der Waals surface area contributed by atoms with Crippen LogP contribution in [0.5, 0.6) is 0 Å². The Kier molecular flexibility index (Phi) is 3.66. The summed E-state index contributed by atoms with van der Waals surface area (Å²) in [4.78, 5) is 0. The van der Waals surface area contributed by atoms with E-state index >= 15 is 0 Å². The summed E-state index contributed by atoms with van der Waals surface area (Å²) in [6.45, 7) is 2.60. The Morgan fingerprint density at radius 2 is 2.11 bits per heavy atom. The highest BCUT2D eigenvalue weighted by atomic mass is 79.9. The quantitative estimate of drug-likeness (QED) is 0.779. The smallest absolute Gasteiger partial charge is 0.265 e. The summed E-state index contributed by atoms with van der Waals surface area (Å²) in [6.07, 6.45) is -2.72. The molecule has 2 aromatic rings. The minimum absolute atomic E-state index is 0.308. The molecule has 1 atom stereocenters. The zero-order chi connectivity index (χ0) is 13.3. The molecule has 0 radical (unpaired) electrons. The number of aromatic nitrogens is 2. The number of hydrogen-bond donors (Lipinski definition) is 0. The van der Waals surface area contributed by atoms with Gasteiger partial charge in [-0.05, 0) is 18.1 Å². The van der Waals surface area contributed by atoms with Gasteiger partial charge in [0.05, 0.1) is 17.3 Å². The van der Waals surface area contributed by atoms with Crippen LogP contribution in [0.2, 0.25) is 0 Å². The molecule has 0 aliphatic heterocycles. The van der Waals surface area contributed by atoms with Crippen LogP contribution in [0.3, 0.4) is 0 Å². The maximum atomic E-state index is 12.6. The number of alkyl halides is 4. The van der Waals surface area contributed by atoms with Gasteiger partial charge in [-0.1, -0.05) is 28.9 Å². The maximum absolute atomic E-state index is 12.6. The molecule has 2 nitrogen and oxygen atoms in total. The Hall–Kier alpha value is -1.04. The molecule has 0 fully saturated rings. The van der Waals surface area contributed by atoms with Gasteiger partial charge >= 0.3 is 6.18 Å². The summed E-state index contributed by atoms with van der Waals surface area (Å²) >= 11 is 3.35. The normalized spacial score (nSPS) is 14.1. The van der Waals surface area contributed by atoms with E-state index < -0.39 is 11.7 Å². The van der Waals surface area contributed by atoms with Gasteiger partial charge in [-0.25, -0.2) is 0 Å². The molecular formula is C12H12BrF3N2. The Bertz CT molecular complexity index is 548. The van der Waals surface area contributed by atoms with Crippen LogP contribution in [-0.4, -0.2) is 15.1 Å². The molecule has 18 heavy (non-hydrogen) atoms. The third-order valence-corrected chi connectivity index (χ3v) is 3.83. The third kappa shape index (κ3) is 2.68. The van der Waals surface area contributed by atoms with Crippen LogP contribution in [0, 0.1) is 5.92 Å². The lowest BCUT2D eigenvalue weighted by Gasteiger charge is -2.10. The SMILES string of the molecule is CC(CBr)Cn1ncc2ccc(C(F)(F)F)cc21. The molecule has 0 aliphatic carbocycles. The predicted octanol–water partition coefficient (Wildman–Crippen LogP) is 4.09. The molecule has 0 bridgehead atoms. The van der Waals surface area contributed by atoms with Crippen molar-refractivity contribution < 1.29 is 13.2 Å². The van der Waals surface area contributed by atoms with E-state index in [4.69, 9.17) is 0 Å². The summed E-state index contributed by atoms with van der Waals surface area (Å²) in [5.74, 6) is 0.308. The number of rotatable bonds is 3. The van der Waals surface area contributed by atoms with E-state index in [-0.39, 0.29) is 0 Å². The lowest BCUT2D eigenvalue weighted by molar-refractivity contribution is -0.137. The summed E-state index contributed by atoms with van der Waals surface area (Å²) in [5, 5.41) is 5.65.